The fourth-order valence-electron chi connectivity index (χ4n) is 5.84. The highest BCUT2D eigenvalue weighted by molar-refractivity contribution is 5.73. The predicted molar refractivity (Wildman–Crippen MR) is 142 cm³/mol. The maximum atomic E-state index is 11.6. The molecule has 2 aromatic carbocycles. The summed E-state index contributed by atoms with van der Waals surface area (Å²) in [5.41, 5.74) is 5.31. The van der Waals surface area contributed by atoms with Crippen LogP contribution in [0.4, 0.5) is 5.69 Å². The minimum atomic E-state index is -0.370. The van der Waals surface area contributed by atoms with E-state index in [0.29, 0.717) is 13.1 Å². The molecule has 2 aromatic rings. The van der Waals surface area contributed by atoms with E-state index < -0.39 is 0 Å². The maximum Gasteiger partial charge on any atom is 0.219 e. The number of fused-ring (bicyclic) bond motifs is 2. The number of anilines is 1. The number of aliphatic hydroxyl groups is 1. The number of nitrogens with zero attached hydrogens (tertiary/aromatic N) is 4. The van der Waals surface area contributed by atoms with E-state index in [0.717, 1.165) is 70.8 Å². The quantitative estimate of drug-likeness (QED) is 0.669. The van der Waals surface area contributed by atoms with Gasteiger partial charge in [0.25, 0.3) is 0 Å². The van der Waals surface area contributed by atoms with Gasteiger partial charge in [-0.2, -0.15) is 0 Å². The number of amides is 1. The Kier molecular flexibility index (Phi) is 7.79. The molecule has 1 N–H and O–H groups in total. The second-order valence-electron chi connectivity index (χ2n) is 10.7. The Hall–Kier alpha value is -2.61. The third kappa shape index (κ3) is 6.02. The van der Waals surface area contributed by atoms with E-state index >= 15 is 0 Å². The number of hydrogen-bond donors (Lipinski definition) is 1. The van der Waals surface area contributed by atoms with E-state index in [-0.39, 0.29) is 18.1 Å². The van der Waals surface area contributed by atoms with Gasteiger partial charge in [-0.05, 0) is 29.2 Å². The highest BCUT2D eigenvalue weighted by atomic mass is 16.5. The van der Waals surface area contributed by atoms with E-state index in [2.05, 4.69) is 64.2 Å². The topological polar surface area (TPSA) is 59.5 Å². The van der Waals surface area contributed by atoms with Gasteiger partial charge < -0.3 is 19.6 Å². The van der Waals surface area contributed by atoms with Crippen LogP contribution < -0.4 is 9.64 Å². The van der Waals surface area contributed by atoms with Crippen molar-refractivity contribution in [3.63, 3.8) is 0 Å². The molecule has 7 nitrogen and oxygen atoms in total. The SMILES string of the molecule is CC(=O)N1CCC(Oc2ccc3c(c2)N(C)CCN(C[C@H](O)CN2CCc4ccccc4C2)C3)CC1. The van der Waals surface area contributed by atoms with Crippen LogP contribution in [0.1, 0.15) is 36.5 Å². The van der Waals surface area contributed by atoms with Crippen molar-refractivity contribution >= 4 is 11.6 Å². The largest absolute Gasteiger partial charge is 0.490 e. The summed E-state index contributed by atoms with van der Waals surface area (Å²) in [6.07, 6.45) is 2.60. The molecule has 0 aliphatic carbocycles. The highest BCUT2D eigenvalue weighted by Gasteiger charge is 2.25. The van der Waals surface area contributed by atoms with Crippen LogP contribution in [0.25, 0.3) is 0 Å². The summed E-state index contributed by atoms with van der Waals surface area (Å²) >= 11 is 0. The van der Waals surface area contributed by atoms with Gasteiger partial charge in [-0.15, -0.1) is 0 Å². The number of rotatable bonds is 6. The van der Waals surface area contributed by atoms with Gasteiger partial charge in [-0.25, -0.2) is 0 Å². The summed E-state index contributed by atoms with van der Waals surface area (Å²) in [7, 11) is 2.14. The number of piperidine rings is 1. The summed E-state index contributed by atoms with van der Waals surface area (Å²) in [4.78, 5) is 20.6. The van der Waals surface area contributed by atoms with Gasteiger partial charge in [-0.3, -0.25) is 14.6 Å². The Balaban J connectivity index is 1.16. The van der Waals surface area contributed by atoms with Crippen molar-refractivity contribution < 1.29 is 14.6 Å². The molecule has 194 valence electrons. The summed E-state index contributed by atoms with van der Waals surface area (Å²) in [5, 5.41) is 10.9. The lowest BCUT2D eigenvalue weighted by molar-refractivity contribution is -0.130. The van der Waals surface area contributed by atoms with E-state index in [1.807, 2.05) is 4.90 Å². The summed E-state index contributed by atoms with van der Waals surface area (Å²) < 4.78 is 6.32. The zero-order valence-electron chi connectivity index (χ0n) is 21.7. The average Bonchev–Trinajstić information content (AvgIpc) is 3.02. The monoisotopic (exact) mass is 492 g/mol. The van der Waals surface area contributed by atoms with E-state index in [4.69, 9.17) is 4.74 Å². The number of aliphatic hydroxyl groups excluding tert-OH is 1. The molecule has 1 fully saturated rings. The number of ether oxygens (including phenoxy) is 1. The number of likely N-dealkylation sites (tertiary alicyclic amines) is 1. The normalized spacial score (nSPS) is 20.4. The van der Waals surface area contributed by atoms with Gasteiger partial charge in [0.1, 0.15) is 11.9 Å². The Morgan fingerprint density at radius 2 is 1.64 bits per heavy atom. The molecule has 0 radical (unpaired) electrons. The Morgan fingerprint density at radius 1 is 0.944 bits per heavy atom. The molecule has 3 heterocycles. The lowest BCUT2D eigenvalue weighted by Crippen LogP contribution is -2.42. The van der Waals surface area contributed by atoms with Crippen LogP contribution in [0.5, 0.6) is 5.75 Å². The molecule has 1 amide bonds. The molecule has 7 heteroatoms. The third-order valence-electron chi connectivity index (χ3n) is 7.95. The van der Waals surface area contributed by atoms with Crippen molar-refractivity contribution in [2.45, 2.75) is 51.5 Å². The smallest absolute Gasteiger partial charge is 0.219 e. The molecule has 0 unspecified atom stereocenters. The number of benzene rings is 2. The number of carbonyl (C=O) groups excluding carboxylic acids is 1. The Labute approximate surface area is 215 Å². The molecule has 0 spiro atoms. The second kappa shape index (κ2) is 11.2. The van der Waals surface area contributed by atoms with Gasteiger partial charge in [0, 0.05) is 97.5 Å². The van der Waals surface area contributed by atoms with E-state index in [1.165, 1.54) is 22.4 Å². The number of carbonyl (C=O) groups is 1. The van der Waals surface area contributed by atoms with Crippen molar-refractivity contribution in [1.29, 1.82) is 0 Å². The second-order valence-corrected chi connectivity index (χ2v) is 10.7. The highest BCUT2D eigenvalue weighted by Crippen LogP contribution is 2.30. The first-order chi connectivity index (χ1) is 17.4. The van der Waals surface area contributed by atoms with Gasteiger partial charge in [0.15, 0.2) is 0 Å². The molecule has 36 heavy (non-hydrogen) atoms. The van der Waals surface area contributed by atoms with Gasteiger partial charge in [-0.1, -0.05) is 30.3 Å². The molecule has 3 aliphatic heterocycles. The molecule has 3 aliphatic rings. The molecule has 5 rings (SSSR count). The van der Waals surface area contributed by atoms with Crippen molar-refractivity contribution in [1.82, 2.24) is 14.7 Å². The molecule has 1 atom stereocenters. The summed E-state index contributed by atoms with van der Waals surface area (Å²) in [6, 6.07) is 15.1. The maximum absolute atomic E-state index is 11.6. The van der Waals surface area contributed by atoms with Crippen LogP contribution in [0.15, 0.2) is 42.5 Å². The van der Waals surface area contributed by atoms with Crippen LogP contribution in [0.3, 0.4) is 0 Å². The van der Waals surface area contributed by atoms with Crippen LogP contribution >= 0.6 is 0 Å². The predicted octanol–water partition coefficient (Wildman–Crippen LogP) is 2.75. The van der Waals surface area contributed by atoms with Crippen LogP contribution in [0, 0.1) is 0 Å². The zero-order valence-corrected chi connectivity index (χ0v) is 21.7. The van der Waals surface area contributed by atoms with Crippen LogP contribution in [0.2, 0.25) is 0 Å². The fraction of sp³-hybridized carbons (Fsp3) is 0.552. The van der Waals surface area contributed by atoms with Crippen LogP contribution in [-0.4, -0.2) is 90.8 Å². The van der Waals surface area contributed by atoms with Gasteiger partial charge in [0.2, 0.25) is 5.91 Å². The van der Waals surface area contributed by atoms with Crippen molar-refractivity contribution in [2.24, 2.45) is 0 Å². The first kappa shape index (κ1) is 25.1. The number of hydrogen-bond acceptors (Lipinski definition) is 6. The zero-order chi connectivity index (χ0) is 25.1. The fourth-order valence-corrected chi connectivity index (χ4v) is 5.84. The standard InChI is InChI=1S/C29H40N4O3/c1-22(34)33-13-10-27(11-14-33)36-28-8-7-25-19-32(16-15-30(2)29(25)17-28)21-26(35)20-31-12-9-23-5-3-4-6-24(23)18-31/h3-8,17,26-27,35H,9-16,18-21H2,1-2H3/t26-/m1/s1. The first-order valence-electron chi connectivity index (χ1n) is 13.4. The first-order valence-corrected chi connectivity index (χ1v) is 13.4. The number of β-amino-alcohol motifs (C(OH)–C–C–N with tert-alkyl or cyclic N) is 1. The van der Waals surface area contributed by atoms with Gasteiger partial charge in [0.05, 0.1) is 6.10 Å². The lowest BCUT2D eigenvalue weighted by Gasteiger charge is -2.32. The molecule has 0 saturated carbocycles. The van der Waals surface area contributed by atoms with Crippen LogP contribution in [-0.2, 0) is 24.3 Å². The molecular formula is C29H40N4O3. The molecule has 0 aromatic heterocycles. The summed E-state index contributed by atoms with van der Waals surface area (Å²) in [6.45, 7) is 9.17. The van der Waals surface area contributed by atoms with E-state index in [9.17, 15) is 9.90 Å². The average molecular weight is 493 g/mol. The minimum Gasteiger partial charge on any atom is -0.490 e. The number of likely N-dealkylation sites (N-methyl/N-ethyl adjacent to an activating group) is 1. The van der Waals surface area contributed by atoms with Crippen molar-refractivity contribution in [2.75, 3.05) is 57.8 Å². The summed E-state index contributed by atoms with van der Waals surface area (Å²) in [5.74, 6) is 1.05. The lowest BCUT2D eigenvalue weighted by atomic mass is 10.00. The molecule has 0 bridgehead atoms. The minimum absolute atomic E-state index is 0.149. The molecular weight excluding hydrogens is 452 g/mol. The molecule has 1 saturated heterocycles. The van der Waals surface area contributed by atoms with Crippen molar-refractivity contribution in [3.8, 4) is 5.75 Å². The van der Waals surface area contributed by atoms with E-state index in [1.54, 1.807) is 6.92 Å². The van der Waals surface area contributed by atoms with Crippen molar-refractivity contribution in [3.05, 3.63) is 59.2 Å². The Morgan fingerprint density at radius 3 is 2.39 bits per heavy atom. The third-order valence-corrected chi connectivity index (χ3v) is 7.95. The van der Waals surface area contributed by atoms with Gasteiger partial charge >= 0.3 is 0 Å². The Bertz CT molecular complexity index is 1050.